The van der Waals surface area contributed by atoms with Gasteiger partial charge in [0, 0.05) is 17.8 Å². The fourth-order valence-corrected chi connectivity index (χ4v) is 3.23. The molecule has 0 bridgehead atoms. The van der Waals surface area contributed by atoms with Gasteiger partial charge >= 0.3 is 0 Å². The van der Waals surface area contributed by atoms with Gasteiger partial charge in [0.15, 0.2) is 0 Å². The number of hydrogen-bond donors (Lipinski definition) is 1. The molecule has 0 amide bonds. The fourth-order valence-electron chi connectivity index (χ4n) is 3.23. The van der Waals surface area contributed by atoms with Crippen LogP contribution in [0.1, 0.15) is 18.2 Å². The van der Waals surface area contributed by atoms with Crippen molar-refractivity contribution in [3.8, 4) is 0 Å². The minimum Gasteiger partial charge on any atom is -0.343 e. The van der Waals surface area contributed by atoms with Gasteiger partial charge in [0.1, 0.15) is 0 Å². The second kappa shape index (κ2) is 2.64. The molecule has 0 aliphatic carbocycles. The SMILES string of the molecule is c1ccc2c(c1)cc1n2CC2CCNC12. The zero-order valence-electron chi connectivity index (χ0n) is 8.61. The van der Waals surface area contributed by atoms with Crippen LogP contribution in [0.15, 0.2) is 30.3 Å². The van der Waals surface area contributed by atoms with E-state index < -0.39 is 0 Å². The minimum absolute atomic E-state index is 0.623. The van der Waals surface area contributed by atoms with Gasteiger partial charge in [-0.1, -0.05) is 18.2 Å². The lowest BCUT2D eigenvalue weighted by atomic mass is 10.0. The lowest BCUT2D eigenvalue weighted by Crippen LogP contribution is -2.13. The van der Waals surface area contributed by atoms with Gasteiger partial charge < -0.3 is 9.88 Å². The van der Waals surface area contributed by atoms with E-state index in [0.717, 1.165) is 5.92 Å². The van der Waals surface area contributed by atoms with E-state index in [1.807, 2.05) is 0 Å². The van der Waals surface area contributed by atoms with Crippen molar-refractivity contribution in [1.29, 1.82) is 0 Å². The van der Waals surface area contributed by atoms with Crippen LogP contribution in [0.4, 0.5) is 0 Å². The summed E-state index contributed by atoms with van der Waals surface area (Å²) in [6.45, 7) is 2.40. The maximum Gasteiger partial charge on any atom is 0.0521 e. The summed E-state index contributed by atoms with van der Waals surface area (Å²) in [5.74, 6) is 0.838. The van der Waals surface area contributed by atoms with E-state index in [-0.39, 0.29) is 0 Å². The third kappa shape index (κ3) is 0.927. The highest BCUT2D eigenvalue weighted by Crippen LogP contribution is 2.40. The summed E-state index contributed by atoms with van der Waals surface area (Å²) >= 11 is 0. The molecule has 15 heavy (non-hydrogen) atoms. The number of fused-ring (bicyclic) bond motifs is 5. The van der Waals surface area contributed by atoms with E-state index in [1.165, 1.54) is 36.1 Å². The number of nitrogens with one attached hydrogen (secondary N) is 1. The monoisotopic (exact) mass is 198 g/mol. The minimum atomic E-state index is 0.623. The third-order valence-electron chi connectivity index (χ3n) is 3.93. The van der Waals surface area contributed by atoms with Crippen LogP contribution in [0.5, 0.6) is 0 Å². The van der Waals surface area contributed by atoms with Crippen molar-refractivity contribution >= 4 is 10.9 Å². The summed E-state index contributed by atoms with van der Waals surface area (Å²) in [6.07, 6.45) is 1.33. The van der Waals surface area contributed by atoms with E-state index in [2.05, 4.69) is 40.2 Å². The summed E-state index contributed by atoms with van der Waals surface area (Å²) < 4.78 is 2.50. The van der Waals surface area contributed by atoms with Gasteiger partial charge in [-0.25, -0.2) is 0 Å². The van der Waals surface area contributed by atoms with Crippen LogP contribution >= 0.6 is 0 Å². The summed E-state index contributed by atoms with van der Waals surface area (Å²) in [5.41, 5.74) is 2.90. The first-order valence-corrected chi connectivity index (χ1v) is 5.75. The van der Waals surface area contributed by atoms with Crippen LogP contribution < -0.4 is 5.32 Å². The van der Waals surface area contributed by atoms with Crippen LogP contribution in [-0.4, -0.2) is 11.1 Å². The third-order valence-corrected chi connectivity index (χ3v) is 3.93. The predicted octanol–water partition coefficient (Wildman–Crippen LogP) is 2.31. The molecule has 1 fully saturated rings. The van der Waals surface area contributed by atoms with Gasteiger partial charge in [-0.3, -0.25) is 0 Å². The highest BCUT2D eigenvalue weighted by Gasteiger charge is 2.36. The second-order valence-corrected chi connectivity index (χ2v) is 4.72. The molecule has 1 aromatic heterocycles. The molecule has 1 aromatic carbocycles. The average molecular weight is 198 g/mol. The van der Waals surface area contributed by atoms with Crippen LogP contribution in [0.2, 0.25) is 0 Å². The lowest BCUT2D eigenvalue weighted by molar-refractivity contribution is 0.484. The average Bonchev–Trinajstić information content (AvgIpc) is 2.87. The molecule has 2 aromatic rings. The number of aromatic nitrogens is 1. The van der Waals surface area contributed by atoms with Crippen molar-refractivity contribution < 1.29 is 0 Å². The van der Waals surface area contributed by atoms with Crippen LogP contribution in [0.25, 0.3) is 10.9 Å². The highest BCUT2D eigenvalue weighted by atomic mass is 15.1. The maximum absolute atomic E-state index is 3.61. The van der Waals surface area contributed by atoms with Gasteiger partial charge in [0.05, 0.1) is 6.04 Å². The number of rotatable bonds is 0. The Labute approximate surface area is 88.9 Å². The molecule has 2 aliphatic heterocycles. The smallest absolute Gasteiger partial charge is 0.0521 e. The molecular formula is C13H14N2. The molecule has 2 aliphatic rings. The molecule has 1 N–H and O–H groups in total. The number of para-hydroxylation sites is 1. The van der Waals surface area contributed by atoms with Gasteiger partial charge in [0.25, 0.3) is 0 Å². The zero-order chi connectivity index (χ0) is 9.83. The van der Waals surface area contributed by atoms with Crippen molar-refractivity contribution in [2.75, 3.05) is 6.54 Å². The Morgan fingerprint density at radius 3 is 3.20 bits per heavy atom. The Hall–Kier alpha value is -1.28. The van der Waals surface area contributed by atoms with Crippen molar-refractivity contribution in [2.45, 2.75) is 19.0 Å². The van der Waals surface area contributed by atoms with Crippen LogP contribution in [-0.2, 0) is 6.54 Å². The first-order valence-electron chi connectivity index (χ1n) is 5.75. The number of hydrogen-bond acceptors (Lipinski definition) is 1. The quantitative estimate of drug-likeness (QED) is 0.687. The molecule has 0 spiro atoms. The van der Waals surface area contributed by atoms with E-state index in [4.69, 9.17) is 0 Å². The van der Waals surface area contributed by atoms with Gasteiger partial charge in [-0.05, 0) is 36.4 Å². The lowest BCUT2D eigenvalue weighted by Gasteiger charge is -2.06. The van der Waals surface area contributed by atoms with Gasteiger partial charge in [-0.15, -0.1) is 0 Å². The van der Waals surface area contributed by atoms with Crippen LogP contribution in [0, 0.1) is 5.92 Å². The fraction of sp³-hybridized carbons (Fsp3) is 0.385. The van der Waals surface area contributed by atoms with Crippen molar-refractivity contribution in [1.82, 2.24) is 9.88 Å². The summed E-state index contributed by atoms with van der Waals surface area (Å²) in [4.78, 5) is 0. The van der Waals surface area contributed by atoms with Crippen molar-refractivity contribution in [3.05, 3.63) is 36.0 Å². The summed E-state index contributed by atoms with van der Waals surface area (Å²) in [5, 5.41) is 5.00. The van der Waals surface area contributed by atoms with Crippen molar-refractivity contribution in [2.24, 2.45) is 5.92 Å². The Morgan fingerprint density at radius 2 is 2.20 bits per heavy atom. The Bertz CT molecular complexity index is 526. The molecule has 4 rings (SSSR count). The first kappa shape index (κ1) is 7.94. The number of benzene rings is 1. The van der Waals surface area contributed by atoms with E-state index in [1.54, 1.807) is 0 Å². The second-order valence-electron chi connectivity index (χ2n) is 4.72. The summed E-state index contributed by atoms with van der Waals surface area (Å²) in [7, 11) is 0. The molecular weight excluding hydrogens is 184 g/mol. The standard InChI is InChI=1S/C13H14N2/c1-2-4-11-9(3-1)7-12-13-10(5-6-14-13)8-15(11)12/h1-4,7,10,13-14H,5-6,8H2. The van der Waals surface area contributed by atoms with E-state index in [9.17, 15) is 0 Å². The summed E-state index contributed by atoms with van der Waals surface area (Å²) in [6, 6.07) is 11.7. The van der Waals surface area contributed by atoms with Gasteiger partial charge in [-0.2, -0.15) is 0 Å². The van der Waals surface area contributed by atoms with E-state index in [0.29, 0.717) is 6.04 Å². The van der Waals surface area contributed by atoms with Crippen molar-refractivity contribution in [3.63, 3.8) is 0 Å². The normalized spacial score (nSPS) is 28.3. The predicted molar refractivity (Wildman–Crippen MR) is 60.8 cm³/mol. The number of nitrogens with zero attached hydrogens (tertiary/aromatic N) is 1. The molecule has 1 saturated heterocycles. The molecule has 2 unspecified atom stereocenters. The molecule has 2 nitrogen and oxygen atoms in total. The largest absolute Gasteiger partial charge is 0.343 e. The Kier molecular flexibility index (Phi) is 1.40. The molecule has 2 heteroatoms. The Balaban J connectivity index is 1.99. The molecule has 0 saturated carbocycles. The molecule has 0 radical (unpaired) electrons. The van der Waals surface area contributed by atoms with E-state index >= 15 is 0 Å². The molecule has 3 heterocycles. The Morgan fingerprint density at radius 1 is 1.27 bits per heavy atom. The van der Waals surface area contributed by atoms with Gasteiger partial charge in [0.2, 0.25) is 0 Å². The maximum atomic E-state index is 3.61. The molecule has 76 valence electrons. The van der Waals surface area contributed by atoms with Crippen LogP contribution in [0.3, 0.4) is 0 Å². The topological polar surface area (TPSA) is 17.0 Å². The highest BCUT2D eigenvalue weighted by molar-refractivity contribution is 5.81. The first-order chi connectivity index (χ1) is 7.43. The molecule has 2 atom stereocenters. The zero-order valence-corrected chi connectivity index (χ0v) is 8.61.